The Morgan fingerprint density at radius 3 is 2.85 bits per heavy atom. The fraction of sp³-hybridized carbons (Fsp3) is 0.750. The van der Waals surface area contributed by atoms with Crippen molar-refractivity contribution in [2.45, 2.75) is 46.1 Å². The molecule has 156 valence electrons. The van der Waals surface area contributed by atoms with Crippen molar-refractivity contribution in [2.75, 3.05) is 39.3 Å². The normalized spacial score (nSPS) is 20.8. The molecule has 0 spiro atoms. The highest BCUT2D eigenvalue weighted by atomic mass is 127. The van der Waals surface area contributed by atoms with E-state index in [0.29, 0.717) is 17.6 Å². The lowest BCUT2D eigenvalue weighted by atomic mass is 9.97. The van der Waals surface area contributed by atoms with Crippen molar-refractivity contribution in [1.29, 1.82) is 0 Å². The topological polar surface area (TPSA) is 73.0 Å². The highest BCUT2D eigenvalue weighted by molar-refractivity contribution is 14.0. The van der Waals surface area contributed by atoms with Crippen molar-refractivity contribution in [3.05, 3.63) is 24.2 Å². The predicted octanol–water partition coefficient (Wildman–Crippen LogP) is 3.03. The van der Waals surface area contributed by atoms with Gasteiger partial charge in [-0.05, 0) is 57.2 Å². The van der Waals surface area contributed by atoms with E-state index in [0.717, 1.165) is 25.6 Å². The number of hydrogen-bond acceptors (Lipinski definition) is 4. The van der Waals surface area contributed by atoms with Gasteiger partial charge in [0.15, 0.2) is 5.96 Å². The van der Waals surface area contributed by atoms with Crippen LogP contribution in [0.4, 0.5) is 0 Å². The molecule has 0 radical (unpaired) electrons. The second kappa shape index (κ2) is 11.9. The Morgan fingerprint density at radius 2 is 2.22 bits per heavy atom. The number of aliphatic imine (C=N–C) groups is 1. The van der Waals surface area contributed by atoms with Gasteiger partial charge in [0.25, 0.3) is 0 Å². The second-order valence-corrected chi connectivity index (χ2v) is 7.99. The molecule has 1 saturated heterocycles. The zero-order valence-corrected chi connectivity index (χ0v) is 19.5. The van der Waals surface area contributed by atoms with Crippen molar-refractivity contribution in [3.63, 3.8) is 0 Å². The third-order valence-electron chi connectivity index (χ3n) is 4.73. The van der Waals surface area contributed by atoms with Crippen LogP contribution in [0.25, 0.3) is 0 Å². The summed E-state index contributed by atoms with van der Waals surface area (Å²) < 4.78 is 5.32. The first-order chi connectivity index (χ1) is 12.4. The average Bonchev–Trinajstić information content (AvgIpc) is 3.13. The van der Waals surface area contributed by atoms with Gasteiger partial charge in [0.2, 0.25) is 0 Å². The standard InChI is InChI=1S/C20H36N4O2.HI/c1-5-21-19(23-15-20(4,25)18-9-7-11-26-18)22-12-17-8-6-10-24(14-17)13-16(2)3;/h7,9,11,16-17,25H,5-6,8,10,12-15H2,1-4H3,(H2,21,22,23);1H. The number of likely N-dealkylation sites (tertiary alicyclic amines) is 1. The Morgan fingerprint density at radius 1 is 1.44 bits per heavy atom. The van der Waals surface area contributed by atoms with E-state index in [1.54, 1.807) is 25.3 Å². The Labute approximate surface area is 181 Å². The predicted molar refractivity (Wildman–Crippen MR) is 122 cm³/mol. The minimum absolute atomic E-state index is 0. The Hall–Kier alpha value is -0.800. The molecule has 2 heterocycles. The Bertz CT molecular complexity index is 546. The van der Waals surface area contributed by atoms with Crippen LogP contribution in [0.3, 0.4) is 0 Å². The van der Waals surface area contributed by atoms with Gasteiger partial charge in [0.1, 0.15) is 11.4 Å². The Kier molecular flexibility index (Phi) is 10.7. The molecule has 1 aromatic heterocycles. The minimum atomic E-state index is -1.11. The summed E-state index contributed by atoms with van der Waals surface area (Å²) in [6.07, 6.45) is 4.09. The van der Waals surface area contributed by atoms with E-state index in [9.17, 15) is 5.11 Å². The van der Waals surface area contributed by atoms with Crippen LogP contribution in [0.1, 0.15) is 46.3 Å². The van der Waals surface area contributed by atoms with Crippen molar-refractivity contribution in [1.82, 2.24) is 15.5 Å². The first-order valence-corrected chi connectivity index (χ1v) is 9.91. The molecule has 3 N–H and O–H groups in total. The number of aliphatic hydroxyl groups is 1. The fourth-order valence-electron chi connectivity index (χ4n) is 3.48. The largest absolute Gasteiger partial charge is 0.466 e. The van der Waals surface area contributed by atoms with Crippen molar-refractivity contribution >= 4 is 29.9 Å². The molecule has 2 atom stereocenters. The highest BCUT2D eigenvalue weighted by Gasteiger charge is 2.26. The maximum absolute atomic E-state index is 10.6. The molecular formula is C20H37IN4O2. The molecule has 1 aliphatic heterocycles. The number of nitrogens with zero attached hydrogens (tertiary/aromatic N) is 2. The van der Waals surface area contributed by atoms with Crippen LogP contribution in [0, 0.1) is 11.8 Å². The van der Waals surface area contributed by atoms with Crippen LogP contribution in [-0.4, -0.2) is 55.2 Å². The third kappa shape index (κ3) is 8.39. The highest BCUT2D eigenvalue weighted by Crippen LogP contribution is 2.21. The molecule has 0 aliphatic carbocycles. The number of piperidine rings is 1. The molecule has 7 heteroatoms. The molecule has 27 heavy (non-hydrogen) atoms. The maximum atomic E-state index is 10.6. The van der Waals surface area contributed by atoms with Gasteiger partial charge >= 0.3 is 0 Å². The Balaban J connectivity index is 0.00000364. The summed E-state index contributed by atoms with van der Waals surface area (Å²) in [5, 5.41) is 17.3. The van der Waals surface area contributed by atoms with Gasteiger partial charge in [-0.2, -0.15) is 0 Å². The quantitative estimate of drug-likeness (QED) is 0.296. The van der Waals surface area contributed by atoms with Crippen molar-refractivity contribution < 1.29 is 9.52 Å². The number of hydrogen-bond donors (Lipinski definition) is 3. The van der Waals surface area contributed by atoms with Crippen molar-refractivity contribution in [2.24, 2.45) is 16.8 Å². The van der Waals surface area contributed by atoms with Gasteiger partial charge in [0.05, 0.1) is 12.8 Å². The molecule has 1 aliphatic rings. The van der Waals surface area contributed by atoms with Crippen LogP contribution in [0.15, 0.2) is 27.8 Å². The molecular weight excluding hydrogens is 455 g/mol. The first kappa shape index (κ1) is 24.2. The van der Waals surface area contributed by atoms with Crippen molar-refractivity contribution in [3.8, 4) is 0 Å². The van der Waals surface area contributed by atoms with Crippen LogP contribution in [0.2, 0.25) is 0 Å². The summed E-state index contributed by atoms with van der Waals surface area (Å²) >= 11 is 0. The van der Waals surface area contributed by atoms with E-state index >= 15 is 0 Å². The zero-order chi connectivity index (χ0) is 19.0. The van der Waals surface area contributed by atoms with Gasteiger partial charge in [-0.25, -0.2) is 4.99 Å². The number of nitrogens with one attached hydrogen (secondary N) is 2. The van der Waals surface area contributed by atoms with Crippen LogP contribution in [-0.2, 0) is 5.60 Å². The van der Waals surface area contributed by atoms with E-state index in [2.05, 4.69) is 34.4 Å². The van der Waals surface area contributed by atoms with Gasteiger partial charge < -0.3 is 25.1 Å². The zero-order valence-electron chi connectivity index (χ0n) is 17.2. The van der Waals surface area contributed by atoms with Crippen LogP contribution >= 0.6 is 24.0 Å². The average molecular weight is 492 g/mol. The van der Waals surface area contributed by atoms with E-state index in [1.165, 1.54) is 25.9 Å². The minimum Gasteiger partial charge on any atom is -0.466 e. The third-order valence-corrected chi connectivity index (χ3v) is 4.73. The van der Waals surface area contributed by atoms with E-state index in [-0.39, 0.29) is 30.5 Å². The smallest absolute Gasteiger partial charge is 0.191 e. The van der Waals surface area contributed by atoms with Gasteiger partial charge in [0, 0.05) is 26.2 Å². The molecule has 0 saturated carbocycles. The molecule has 2 rings (SSSR count). The van der Waals surface area contributed by atoms with Gasteiger partial charge in [-0.1, -0.05) is 13.8 Å². The summed E-state index contributed by atoms with van der Waals surface area (Å²) in [6, 6.07) is 3.56. The lowest BCUT2D eigenvalue weighted by Gasteiger charge is -2.34. The summed E-state index contributed by atoms with van der Waals surface area (Å²) in [7, 11) is 0. The van der Waals surface area contributed by atoms with Gasteiger partial charge in [-0.15, -0.1) is 24.0 Å². The monoisotopic (exact) mass is 492 g/mol. The second-order valence-electron chi connectivity index (χ2n) is 7.99. The molecule has 6 nitrogen and oxygen atoms in total. The lowest BCUT2D eigenvalue weighted by Crippen LogP contribution is -2.45. The summed E-state index contributed by atoms with van der Waals surface area (Å²) in [6.45, 7) is 13.8. The molecule has 1 aromatic rings. The number of halogens is 1. The SMILES string of the molecule is CCNC(=NCC(C)(O)c1ccco1)NCC1CCCN(CC(C)C)C1.I. The molecule has 2 unspecified atom stereocenters. The fourth-order valence-corrected chi connectivity index (χ4v) is 3.48. The lowest BCUT2D eigenvalue weighted by molar-refractivity contribution is 0.0437. The molecule has 0 amide bonds. The molecule has 1 fully saturated rings. The first-order valence-electron chi connectivity index (χ1n) is 9.91. The summed E-state index contributed by atoms with van der Waals surface area (Å²) in [4.78, 5) is 7.14. The summed E-state index contributed by atoms with van der Waals surface area (Å²) in [5.41, 5.74) is -1.11. The molecule has 0 bridgehead atoms. The summed E-state index contributed by atoms with van der Waals surface area (Å²) in [5.74, 6) is 2.63. The van der Waals surface area contributed by atoms with Crippen LogP contribution in [0.5, 0.6) is 0 Å². The molecule has 0 aromatic carbocycles. The number of furan rings is 1. The number of guanidine groups is 1. The maximum Gasteiger partial charge on any atom is 0.191 e. The van der Waals surface area contributed by atoms with E-state index in [4.69, 9.17) is 4.42 Å². The van der Waals surface area contributed by atoms with Gasteiger partial charge in [-0.3, -0.25) is 0 Å². The number of rotatable bonds is 8. The van der Waals surface area contributed by atoms with Crippen LogP contribution < -0.4 is 10.6 Å². The van der Waals surface area contributed by atoms with E-state index in [1.807, 2.05) is 6.92 Å². The van der Waals surface area contributed by atoms with E-state index < -0.39 is 5.60 Å².